The third-order valence-electron chi connectivity index (χ3n) is 5.89. The maximum atomic E-state index is 13.0. The highest BCUT2D eigenvalue weighted by Crippen LogP contribution is 2.36. The van der Waals surface area contributed by atoms with Crippen LogP contribution in [0.15, 0.2) is 30.6 Å². The molecule has 10 heteroatoms. The van der Waals surface area contributed by atoms with Crippen molar-refractivity contribution in [2.24, 2.45) is 0 Å². The van der Waals surface area contributed by atoms with E-state index in [1.807, 2.05) is 0 Å². The quantitative estimate of drug-likeness (QED) is 0.725. The molecule has 1 N–H and O–H groups in total. The Morgan fingerprint density at radius 2 is 1.87 bits per heavy atom. The van der Waals surface area contributed by atoms with Gasteiger partial charge in [-0.2, -0.15) is 13.2 Å². The summed E-state index contributed by atoms with van der Waals surface area (Å²) in [5, 5.41) is 3.38. The van der Waals surface area contributed by atoms with E-state index in [1.165, 1.54) is 6.07 Å². The van der Waals surface area contributed by atoms with E-state index in [1.54, 1.807) is 21.9 Å². The molecule has 0 spiro atoms. The van der Waals surface area contributed by atoms with Crippen molar-refractivity contribution in [1.82, 2.24) is 19.8 Å². The summed E-state index contributed by atoms with van der Waals surface area (Å²) in [5.74, 6) is 0. The number of halogens is 4. The van der Waals surface area contributed by atoms with Crippen LogP contribution in [-0.2, 0) is 10.9 Å². The fourth-order valence-electron chi connectivity index (χ4n) is 4.09. The van der Waals surface area contributed by atoms with Crippen LogP contribution in [0.3, 0.4) is 0 Å². The van der Waals surface area contributed by atoms with Crippen LogP contribution < -0.4 is 5.32 Å². The average molecular weight is 457 g/mol. The Kier molecular flexibility index (Phi) is 6.43. The van der Waals surface area contributed by atoms with Crippen LogP contribution in [0.25, 0.3) is 11.3 Å². The number of ether oxygens (including phenoxy) is 1. The van der Waals surface area contributed by atoms with E-state index in [0.717, 1.165) is 25.0 Å². The summed E-state index contributed by atoms with van der Waals surface area (Å²) in [7, 11) is 0. The van der Waals surface area contributed by atoms with Gasteiger partial charge < -0.3 is 19.5 Å². The Morgan fingerprint density at radius 1 is 1.16 bits per heavy atom. The molecule has 3 heterocycles. The van der Waals surface area contributed by atoms with Crippen LogP contribution in [0.5, 0.6) is 0 Å². The highest BCUT2D eigenvalue weighted by Gasteiger charge is 2.31. The highest BCUT2D eigenvalue weighted by molar-refractivity contribution is 6.32. The Bertz CT molecular complexity index is 920. The molecule has 0 bridgehead atoms. The lowest BCUT2D eigenvalue weighted by atomic mass is 10.0. The third kappa shape index (κ3) is 4.98. The average Bonchev–Trinajstić information content (AvgIpc) is 3.15. The number of hydrogen-bond donors (Lipinski definition) is 1. The van der Waals surface area contributed by atoms with Crippen molar-refractivity contribution in [2.75, 3.05) is 26.3 Å². The molecular formula is C21H24ClF3N4O2. The molecular weight excluding hydrogens is 433 g/mol. The van der Waals surface area contributed by atoms with E-state index in [2.05, 4.69) is 10.3 Å². The monoisotopic (exact) mass is 456 g/mol. The number of rotatable bonds is 3. The fourth-order valence-corrected chi connectivity index (χ4v) is 4.43. The van der Waals surface area contributed by atoms with Gasteiger partial charge in [0.15, 0.2) is 0 Å². The minimum absolute atomic E-state index is 0.0340. The van der Waals surface area contributed by atoms with Crippen molar-refractivity contribution in [3.8, 4) is 11.3 Å². The third-order valence-corrected chi connectivity index (χ3v) is 6.26. The first-order chi connectivity index (χ1) is 14.8. The predicted molar refractivity (Wildman–Crippen MR) is 110 cm³/mol. The Morgan fingerprint density at radius 3 is 2.55 bits per heavy atom. The maximum absolute atomic E-state index is 13.0. The number of urea groups is 1. The van der Waals surface area contributed by atoms with Gasteiger partial charge in [-0.3, -0.25) is 0 Å². The molecule has 0 radical (unpaired) electrons. The predicted octanol–water partition coefficient (Wildman–Crippen LogP) is 4.75. The van der Waals surface area contributed by atoms with Gasteiger partial charge in [0.05, 0.1) is 11.9 Å². The maximum Gasteiger partial charge on any atom is 0.416 e. The van der Waals surface area contributed by atoms with E-state index in [4.69, 9.17) is 16.3 Å². The van der Waals surface area contributed by atoms with Crippen LogP contribution >= 0.6 is 11.6 Å². The number of amides is 2. The molecule has 4 rings (SSSR count). The molecule has 0 aliphatic carbocycles. The number of likely N-dealkylation sites (tertiary alicyclic amines) is 1. The number of aromatic nitrogens is 2. The number of imidazole rings is 1. The second-order valence-electron chi connectivity index (χ2n) is 7.92. The Hall–Kier alpha value is -2.26. The molecule has 0 unspecified atom stereocenters. The summed E-state index contributed by atoms with van der Waals surface area (Å²) in [6.45, 7) is 2.49. The molecule has 1 aromatic heterocycles. The first-order valence-electron chi connectivity index (χ1n) is 10.4. The zero-order valence-corrected chi connectivity index (χ0v) is 17.6. The van der Waals surface area contributed by atoms with E-state index in [0.29, 0.717) is 55.6 Å². The molecule has 2 aliphatic heterocycles. The van der Waals surface area contributed by atoms with Crippen LogP contribution in [0.4, 0.5) is 18.0 Å². The summed E-state index contributed by atoms with van der Waals surface area (Å²) in [5.41, 5.74) is -0.0845. The van der Waals surface area contributed by atoms with Gasteiger partial charge >= 0.3 is 12.2 Å². The lowest BCUT2D eigenvalue weighted by molar-refractivity contribution is -0.137. The van der Waals surface area contributed by atoms with Gasteiger partial charge in [-0.25, -0.2) is 9.78 Å². The van der Waals surface area contributed by atoms with Crippen molar-refractivity contribution < 1.29 is 22.7 Å². The normalized spacial score (nSPS) is 18.9. The molecule has 0 saturated carbocycles. The van der Waals surface area contributed by atoms with Crippen molar-refractivity contribution >= 4 is 17.6 Å². The second kappa shape index (κ2) is 9.08. The fraction of sp³-hybridized carbons (Fsp3) is 0.524. The molecule has 2 amide bonds. The van der Waals surface area contributed by atoms with E-state index >= 15 is 0 Å². The Labute approximate surface area is 183 Å². The minimum atomic E-state index is -4.43. The molecule has 0 atom stereocenters. The van der Waals surface area contributed by atoms with Gasteiger partial charge in [0.25, 0.3) is 0 Å². The largest absolute Gasteiger partial charge is 0.416 e. The van der Waals surface area contributed by atoms with Crippen molar-refractivity contribution in [3.63, 3.8) is 0 Å². The van der Waals surface area contributed by atoms with Crippen molar-refractivity contribution in [1.29, 1.82) is 0 Å². The number of carbonyl (C=O) groups is 1. The molecule has 168 valence electrons. The molecule has 1 aromatic carbocycles. The van der Waals surface area contributed by atoms with Gasteiger partial charge in [-0.15, -0.1) is 0 Å². The highest BCUT2D eigenvalue weighted by atomic mass is 35.5. The summed E-state index contributed by atoms with van der Waals surface area (Å²) in [6, 6.07) is 5.12. The molecule has 6 nitrogen and oxygen atoms in total. The zero-order valence-electron chi connectivity index (χ0n) is 16.9. The molecule has 2 fully saturated rings. The van der Waals surface area contributed by atoms with Gasteiger partial charge in [0.1, 0.15) is 10.8 Å². The molecule has 2 aliphatic rings. The first kappa shape index (κ1) is 22.0. The van der Waals surface area contributed by atoms with Gasteiger partial charge in [-0.1, -0.05) is 23.7 Å². The van der Waals surface area contributed by atoms with Crippen LogP contribution in [-0.4, -0.2) is 52.8 Å². The van der Waals surface area contributed by atoms with E-state index < -0.39 is 11.7 Å². The smallest absolute Gasteiger partial charge is 0.381 e. The zero-order chi connectivity index (χ0) is 22.0. The molecule has 2 saturated heterocycles. The SMILES string of the molecule is O=C(NC1CCOCC1)N1CCC(n2cnc(-c3cccc(C(F)(F)F)c3)c2Cl)CC1. The number of piperidine rings is 1. The lowest BCUT2D eigenvalue weighted by Crippen LogP contribution is -2.49. The number of alkyl halides is 3. The van der Waals surface area contributed by atoms with Crippen molar-refractivity contribution in [2.45, 2.75) is 43.9 Å². The first-order valence-corrected chi connectivity index (χ1v) is 10.7. The minimum Gasteiger partial charge on any atom is -0.381 e. The summed E-state index contributed by atoms with van der Waals surface area (Å²) in [4.78, 5) is 18.6. The van der Waals surface area contributed by atoms with Crippen LogP contribution in [0.2, 0.25) is 5.15 Å². The van der Waals surface area contributed by atoms with Gasteiger partial charge in [-0.05, 0) is 37.8 Å². The molecule has 31 heavy (non-hydrogen) atoms. The number of hydrogen-bond acceptors (Lipinski definition) is 3. The number of carbonyl (C=O) groups excluding carboxylic acids is 1. The number of nitrogens with zero attached hydrogens (tertiary/aromatic N) is 3. The van der Waals surface area contributed by atoms with Crippen LogP contribution in [0.1, 0.15) is 37.3 Å². The van der Waals surface area contributed by atoms with E-state index in [-0.39, 0.29) is 18.1 Å². The summed E-state index contributed by atoms with van der Waals surface area (Å²) >= 11 is 6.50. The van der Waals surface area contributed by atoms with Crippen LogP contribution in [0, 0.1) is 0 Å². The van der Waals surface area contributed by atoms with E-state index in [9.17, 15) is 18.0 Å². The summed E-state index contributed by atoms with van der Waals surface area (Å²) in [6.07, 6.45) is 0.179. The molecule has 2 aromatic rings. The number of benzene rings is 1. The second-order valence-corrected chi connectivity index (χ2v) is 8.28. The lowest BCUT2D eigenvalue weighted by Gasteiger charge is -2.34. The summed E-state index contributed by atoms with van der Waals surface area (Å²) < 4.78 is 46.2. The topological polar surface area (TPSA) is 59.4 Å². The van der Waals surface area contributed by atoms with Gasteiger partial charge in [0.2, 0.25) is 0 Å². The standard InChI is InChI=1S/C21H24ClF3N4O2/c22-19-18(14-2-1-3-15(12-14)21(23,24)25)26-13-29(19)17-4-8-28(9-5-17)20(30)27-16-6-10-31-11-7-16/h1-3,12-13,16-17H,4-11H2,(H,27,30). The van der Waals surface area contributed by atoms with Crippen molar-refractivity contribution in [3.05, 3.63) is 41.3 Å². The Balaban J connectivity index is 1.40. The van der Waals surface area contributed by atoms with Gasteiger partial charge in [0, 0.05) is 44.0 Å². The number of nitrogens with one attached hydrogen (secondary N) is 1.